The van der Waals surface area contributed by atoms with Crippen molar-refractivity contribution in [1.82, 2.24) is 9.62 Å². The third-order valence-electron chi connectivity index (χ3n) is 2.80. The highest BCUT2D eigenvalue weighted by Crippen LogP contribution is 2.13. The summed E-state index contributed by atoms with van der Waals surface area (Å²) in [7, 11) is -1.61. The van der Waals surface area contributed by atoms with E-state index in [0.717, 1.165) is 11.1 Å². The maximum atomic E-state index is 12.3. The first-order valence-corrected chi connectivity index (χ1v) is 8.06. The minimum absolute atomic E-state index is 0.0710. The first kappa shape index (κ1) is 16.8. The van der Waals surface area contributed by atoms with E-state index >= 15 is 0 Å². The summed E-state index contributed by atoms with van der Waals surface area (Å²) in [6.45, 7) is 4.33. The predicted molar refractivity (Wildman–Crippen MR) is 80.7 cm³/mol. The molecule has 0 fully saturated rings. The second-order valence-corrected chi connectivity index (χ2v) is 6.45. The van der Waals surface area contributed by atoms with Crippen LogP contribution in [-0.4, -0.2) is 44.6 Å². The van der Waals surface area contributed by atoms with Crippen molar-refractivity contribution in [1.29, 1.82) is 0 Å². The van der Waals surface area contributed by atoms with Crippen LogP contribution in [-0.2, 0) is 22.3 Å². The van der Waals surface area contributed by atoms with Gasteiger partial charge in [0.05, 0.1) is 12.4 Å². The lowest BCUT2D eigenvalue weighted by Gasteiger charge is -2.19. The summed E-state index contributed by atoms with van der Waals surface area (Å²) in [5.41, 5.74) is 1.78. The molecular formula is C14H22N2O3S. The molecule has 20 heavy (non-hydrogen) atoms. The first-order valence-electron chi connectivity index (χ1n) is 6.45. The number of nitrogens with zero attached hydrogens (tertiary/aromatic N) is 1. The number of hydrogen-bond acceptors (Lipinski definition) is 4. The number of sulfonamides is 1. The van der Waals surface area contributed by atoms with Gasteiger partial charge in [-0.3, -0.25) is 0 Å². The molecule has 0 spiro atoms. The zero-order valence-corrected chi connectivity index (χ0v) is 12.6. The fraction of sp³-hybridized carbons (Fsp3) is 0.429. The highest BCUT2D eigenvalue weighted by atomic mass is 32.2. The van der Waals surface area contributed by atoms with Crippen molar-refractivity contribution in [2.75, 3.05) is 26.7 Å². The van der Waals surface area contributed by atoms with Crippen molar-refractivity contribution in [3.05, 3.63) is 48.0 Å². The summed E-state index contributed by atoms with van der Waals surface area (Å²) in [5.74, 6) is -0.0710. The van der Waals surface area contributed by atoms with Crippen LogP contribution in [0.3, 0.4) is 0 Å². The molecule has 0 aliphatic carbocycles. The molecule has 1 aromatic rings. The molecule has 1 aromatic carbocycles. The van der Waals surface area contributed by atoms with E-state index in [9.17, 15) is 8.42 Å². The molecule has 5 nitrogen and oxygen atoms in total. The molecular weight excluding hydrogens is 276 g/mol. The van der Waals surface area contributed by atoms with Crippen molar-refractivity contribution < 1.29 is 13.5 Å². The number of rotatable bonds is 9. The Morgan fingerprint density at radius 1 is 1.40 bits per heavy atom. The van der Waals surface area contributed by atoms with Gasteiger partial charge in [0.25, 0.3) is 0 Å². The van der Waals surface area contributed by atoms with E-state index in [2.05, 4.69) is 11.9 Å². The molecule has 0 aliphatic heterocycles. The largest absolute Gasteiger partial charge is 0.395 e. The van der Waals surface area contributed by atoms with Crippen LogP contribution < -0.4 is 5.32 Å². The van der Waals surface area contributed by atoms with Crippen LogP contribution in [0.1, 0.15) is 11.1 Å². The minimum atomic E-state index is -3.45. The summed E-state index contributed by atoms with van der Waals surface area (Å²) in [6, 6.07) is 7.46. The van der Waals surface area contributed by atoms with Gasteiger partial charge in [0.1, 0.15) is 0 Å². The Kier molecular flexibility index (Phi) is 6.87. The lowest BCUT2D eigenvalue weighted by atomic mass is 10.1. The average molecular weight is 298 g/mol. The van der Waals surface area contributed by atoms with Crippen LogP contribution >= 0.6 is 0 Å². The molecule has 0 amide bonds. The maximum absolute atomic E-state index is 12.3. The zero-order valence-electron chi connectivity index (χ0n) is 11.7. The lowest BCUT2D eigenvalue weighted by molar-refractivity contribution is 0.260. The molecule has 0 aliphatic rings. The number of hydrogen-bond donors (Lipinski definition) is 2. The SMILES string of the molecule is C=CCN(CCO)S(=O)(=O)Cc1cccc(CNC)c1. The van der Waals surface area contributed by atoms with Crippen molar-refractivity contribution in [2.45, 2.75) is 12.3 Å². The van der Waals surface area contributed by atoms with E-state index < -0.39 is 10.0 Å². The van der Waals surface area contributed by atoms with Crippen molar-refractivity contribution in [3.63, 3.8) is 0 Å². The lowest BCUT2D eigenvalue weighted by Crippen LogP contribution is -2.34. The van der Waals surface area contributed by atoms with Gasteiger partial charge in [-0.1, -0.05) is 30.3 Å². The van der Waals surface area contributed by atoms with Gasteiger partial charge in [-0.25, -0.2) is 8.42 Å². The summed E-state index contributed by atoms with van der Waals surface area (Å²) in [5, 5.41) is 12.0. The van der Waals surface area contributed by atoms with Crippen LogP contribution in [0.2, 0.25) is 0 Å². The van der Waals surface area contributed by atoms with Gasteiger partial charge in [-0.15, -0.1) is 6.58 Å². The van der Waals surface area contributed by atoms with Gasteiger partial charge in [-0.05, 0) is 18.2 Å². The number of nitrogens with one attached hydrogen (secondary N) is 1. The van der Waals surface area contributed by atoms with E-state index in [0.29, 0.717) is 6.54 Å². The zero-order chi connectivity index (χ0) is 15.0. The quantitative estimate of drug-likeness (QED) is 0.659. The smallest absolute Gasteiger partial charge is 0.218 e. The molecule has 0 radical (unpaired) electrons. The number of benzene rings is 1. The number of aliphatic hydroxyl groups excluding tert-OH is 1. The Morgan fingerprint density at radius 3 is 2.70 bits per heavy atom. The Hall–Kier alpha value is -1.21. The second-order valence-electron chi connectivity index (χ2n) is 4.48. The molecule has 0 atom stereocenters. The molecule has 2 N–H and O–H groups in total. The highest BCUT2D eigenvalue weighted by molar-refractivity contribution is 7.88. The molecule has 0 aromatic heterocycles. The van der Waals surface area contributed by atoms with Gasteiger partial charge in [0.15, 0.2) is 0 Å². The van der Waals surface area contributed by atoms with Gasteiger partial charge in [0, 0.05) is 19.6 Å². The summed E-state index contributed by atoms with van der Waals surface area (Å²) < 4.78 is 25.8. The predicted octanol–water partition coefficient (Wildman–Crippen LogP) is 0.716. The van der Waals surface area contributed by atoms with Gasteiger partial charge in [0.2, 0.25) is 10.0 Å². The average Bonchev–Trinajstić information content (AvgIpc) is 2.39. The molecule has 0 saturated carbocycles. The fourth-order valence-corrected chi connectivity index (χ4v) is 3.41. The van der Waals surface area contributed by atoms with Crippen LogP contribution in [0.4, 0.5) is 0 Å². The topological polar surface area (TPSA) is 69.6 Å². The van der Waals surface area contributed by atoms with Crippen molar-refractivity contribution >= 4 is 10.0 Å². The van der Waals surface area contributed by atoms with E-state index in [1.165, 1.54) is 10.4 Å². The van der Waals surface area contributed by atoms with E-state index in [4.69, 9.17) is 5.11 Å². The molecule has 112 valence electrons. The maximum Gasteiger partial charge on any atom is 0.218 e. The molecule has 0 heterocycles. The normalized spacial score (nSPS) is 11.8. The Morgan fingerprint density at radius 2 is 2.10 bits per heavy atom. The van der Waals surface area contributed by atoms with E-state index in [1.807, 2.05) is 25.2 Å². The molecule has 0 saturated heterocycles. The van der Waals surface area contributed by atoms with Crippen molar-refractivity contribution in [3.8, 4) is 0 Å². The summed E-state index contributed by atoms with van der Waals surface area (Å²) in [6.07, 6.45) is 1.52. The first-order chi connectivity index (χ1) is 9.53. The van der Waals surface area contributed by atoms with Crippen LogP contribution in [0.25, 0.3) is 0 Å². The summed E-state index contributed by atoms with van der Waals surface area (Å²) in [4.78, 5) is 0. The highest BCUT2D eigenvalue weighted by Gasteiger charge is 2.20. The molecule has 0 bridgehead atoms. The third kappa shape index (κ3) is 5.05. The van der Waals surface area contributed by atoms with Gasteiger partial charge in [-0.2, -0.15) is 4.31 Å². The Labute approximate surface area is 121 Å². The standard InChI is InChI=1S/C14H22N2O3S/c1-3-7-16(8-9-17)20(18,19)12-14-6-4-5-13(10-14)11-15-2/h3-6,10,15,17H,1,7-9,11-12H2,2H3. The second kappa shape index (κ2) is 8.16. The third-order valence-corrected chi connectivity index (χ3v) is 4.61. The fourth-order valence-electron chi connectivity index (χ4n) is 1.93. The van der Waals surface area contributed by atoms with Crippen molar-refractivity contribution in [2.24, 2.45) is 0 Å². The van der Waals surface area contributed by atoms with E-state index in [-0.39, 0.29) is 25.4 Å². The van der Waals surface area contributed by atoms with Crippen LogP contribution in [0, 0.1) is 0 Å². The molecule has 0 unspecified atom stereocenters. The van der Waals surface area contributed by atoms with Gasteiger partial charge < -0.3 is 10.4 Å². The minimum Gasteiger partial charge on any atom is -0.395 e. The Bertz CT molecular complexity index is 529. The van der Waals surface area contributed by atoms with Gasteiger partial charge >= 0.3 is 0 Å². The Balaban J connectivity index is 2.88. The van der Waals surface area contributed by atoms with Crippen LogP contribution in [0.15, 0.2) is 36.9 Å². The molecule has 6 heteroatoms. The monoisotopic (exact) mass is 298 g/mol. The number of aliphatic hydroxyl groups is 1. The summed E-state index contributed by atoms with van der Waals surface area (Å²) >= 11 is 0. The molecule has 1 rings (SSSR count). The van der Waals surface area contributed by atoms with E-state index in [1.54, 1.807) is 6.07 Å². The van der Waals surface area contributed by atoms with Crippen LogP contribution in [0.5, 0.6) is 0 Å².